The van der Waals surface area contributed by atoms with Crippen LogP contribution in [-0.4, -0.2) is 30.7 Å². The summed E-state index contributed by atoms with van der Waals surface area (Å²) in [4.78, 5) is 14.2. The lowest BCUT2D eigenvalue weighted by Crippen LogP contribution is -2.32. The Hall–Kier alpha value is -2.31. The fourth-order valence-corrected chi connectivity index (χ4v) is 2.78. The number of carbonyl (C=O) groups is 1. The quantitative estimate of drug-likeness (QED) is 0.849. The molecule has 0 spiro atoms. The van der Waals surface area contributed by atoms with Crippen molar-refractivity contribution in [2.24, 2.45) is 0 Å². The number of amides is 1. The van der Waals surface area contributed by atoms with Crippen molar-refractivity contribution in [2.75, 3.05) is 25.2 Å². The number of anilines is 1. The van der Waals surface area contributed by atoms with Crippen LogP contribution in [0.25, 0.3) is 0 Å². The number of rotatable bonds is 6. The molecule has 0 radical (unpaired) electrons. The Morgan fingerprint density at radius 3 is 2.80 bits per heavy atom. The third-order valence-corrected chi connectivity index (χ3v) is 4.18. The number of ether oxygens (including phenoxy) is 2. The van der Waals surface area contributed by atoms with Crippen LogP contribution in [0.4, 0.5) is 10.1 Å². The molecule has 0 fully saturated rings. The van der Waals surface area contributed by atoms with Crippen molar-refractivity contribution < 1.29 is 18.7 Å². The van der Waals surface area contributed by atoms with E-state index in [9.17, 15) is 9.18 Å². The lowest BCUT2D eigenvalue weighted by molar-refractivity contribution is -0.117. The van der Waals surface area contributed by atoms with Gasteiger partial charge in [0.25, 0.3) is 0 Å². The molecule has 0 aromatic heterocycles. The van der Waals surface area contributed by atoms with Gasteiger partial charge in [0.15, 0.2) is 11.5 Å². The number of hydrogen-bond acceptors (Lipinski definition) is 4. The summed E-state index contributed by atoms with van der Waals surface area (Å²) in [6.07, 6.45) is 0. The zero-order chi connectivity index (χ0) is 17.8. The van der Waals surface area contributed by atoms with Crippen LogP contribution < -0.4 is 14.8 Å². The van der Waals surface area contributed by atoms with Crippen LogP contribution in [-0.2, 0) is 11.3 Å². The molecule has 1 N–H and O–H groups in total. The first kappa shape index (κ1) is 17.5. The van der Waals surface area contributed by atoms with Gasteiger partial charge in [-0.05, 0) is 42.4 Å². The summed E-state index contributed by atoms with van der Waals surface area (Å²) in [5, 5.41) is 2.88. The van der Waals surface area contributed by atoms with Crippen LogP contribution in [0.3, 0.4) is 0 Å². The fourth-order valence-electron chi connectivity index (χ4n) is 2.56. The van der Waals surface area contributed by atoms with E-state index in [1.54, 1.807) is 0 Å². The maximum Gasteiger partial charge on any atom is 0.238 e. The molecule has 2 aromatic rings. The molecule has 7 heteroatoms. The first-order valence-corrected chi connectivity index (χ1v) is 8.28. The average Bonchev–Trinajstić information content (AvgIpc) is 3.04. The molecule has 132 valence electrons. The van der Waals surface area contributed by atoms with Gasteiger partial charge in [-0.3, -0.25) is 9.69 Å². The molecular weight excluding hydrogens is 347 g/mol. The van der Waals surface area contributed by atoms with Crippen LogP contribution in [0.15, 0.2) is 36.4 Å². The molecule has 1 aliphatic rings. The predicted octanol–water partition coefficient (Wildman–Crippen LogP) is 3.67. The topological polar surface area (TPSA) is 50.8 Å². The monoisotopic (exact) mass is 364 g/mol. The van der Waals surface area contributed by atoms with Crippen LogP contribution in [0, 0.1) is 5.82 Å². The van der Waals surface area contributed by atoms with Crippen LogP contribution in [0.2, 0.25) is 5.02 Å². The van der Waals surface area contributed by atoms with Crippen LogP contribution in [0.5, 0.6) is 11.5 Å². The normalized spacial score (nSPS) is 12.5. The molecule has 1 heterocycles. The second-order valence-electron chi connectivity index (χ2n) is 5.66. The smallest absolute Gasteiger partial charge is 0.238 e. The van der Waals surface area contributed by atoms with Gasteiger partial charge in [0.1, 0.15) is 5.82 Å². The van der Waals surface area contributed by atoms with E-state index in [1.165, 1.54) is 18.2 Å². The number of hydrogen-bond donors (Lipinski definition) is 1. The van der Waals surface area contributed by atoms with E-state index in [2.05, 4.69) is 5.32 Å². The summed E-state index contributed by atoms with van der Waals surface area (Å²) in [6.45, 7) is 3.69. The summed E-state index contributed by atoms with van der Waals surface area (Å²) in [6, 6.07) is 9.60. The second-order valence-corrected chi connectivity index (χ2v) is 6.07. The maximum atomic E-state index is 13.1. The molecule has 0 unspecified atom stereocenters. The SMILES string of the molecule is CCN(CC(=O)Nc1ccc(F)cc1Cl)Cc1ccc2c(c1)OCO2. The minimum absolute atomic E-state index is 0.173. The minimum atomic E-state index is -0.444. The molecule has 1 aliphatic heterocycles. The van der Waals surface area contributed by atoms with Crippen molar-refractivity contribution in [3.8, 4) is 11.5 Å². The van der Waals surface area contributed by atoms with Crippen molar-refractivity contribution in [3.05, 3.63) is 52.8 Å². The predicted molar refractivity (Wildman–Crippen MR) is 93.6 cm³/mol. The van der Waals surface area contributed by atoms with E-state index in [1.807, 2.05) is 30.0 Å². The molecular formula is C18H18ClFN2O3. The molecule has 0 saturated carbocycles. The largest absolute Gasteiger partial charge is 0.454 e. The molecule has 0 aliphatic carbocycles. The van der Waals surface area contributed by atoms with Gasteiger partial charge >= 0.3 is 0 Å². The third kappa shape index (κ3) is 4.41. The van der Waals surface area contributed by atoms with E-state index in [0.717, 1.165) is 17.1 Å². The van der Waals surface area contributed by atoms with E-state index < -0.39 is 5.82 Å². The molecule has 3 rings (SSSR count). The Labute approximate surface area is 150 Å². The Kier molecular flexibility index (Phi) is 5.40. The third-order valence-electron chi connectivity index (χ3n) is 3.86. The lowest BCUT2D eigenvalue weighted by Gasteiger charge is -2.20. The van der Waals surface area contributed by atoms with E-state index in [0.29, 0.717) is 18.8 Å². The van der Waals surface area contributed by atoms with Gasteiger partial charge in [-0.15, -0.1) is 0 Å². The summed E-state index contributed by atoms with van der Waals surface area (Å²) in [5.41, 5.74) is 1.42. The molecule has 0 atom stereocenters. The van der Waals surface area contributed by atoms with Gasteiger partial charge < -0.3 is 14.8 Å². The van der Waals surface area contributed by atoms with Gasteiger partial charge in [0, 0.05) is 6.54 Å². The summed E-state index contributed by atoms with van der Waals surface area (Å²) < 4.78 is 23.7. The number of nitrogens with one attached hydrogen (secondary N) is 1. The summed E-state index contributed by atoms with van der Waals surface area (Å²) in [5.74, 6) is 0.795. The maximum absolute atomic E-state index is 13.1. The van der Waals surface area contributed by atoms with Crippen LogP contribution >= 0.6 is 11.6 Å². The van der Waals surface area contributed by atoms with Gasteiger partial charge in [-0.25, -0.2) is 4.39 Å². The molecule has 5 nitrogen and oxygen atoms in total. The summed E-state index contributed by atoms with van der Waals surface area (Å²) in [7, 11) is 0. The Balaban J connectivity index is 1.60. The Morgan fingerprint density at radius 2 is 2.04 bits per heavy atom. The number of fused-ring (bicyclic) bond motifs is 1. The number of nitrogens with zero attached hydrogens (tertiary/aromatic N) is 1. The minimum Gasteiger partial charge on any atom is -0.454 e. The van der Waals surface area contributed by atoms with Gasteiger partial charge in [-0.2, -0.15) is 0 Å². The van der Waals surface area contributed by atoms with Crippen molar-refractivity contribution >= 4 is 23.2 Å². The van der Waals surface area contributed by atoms with E-state index in [-0.39, 0.29) is 24.3 Å². The molecule has 25 heavy (non-hydrogen) atoms. The number of halogens is 2. The zero-order valence-electron chi connectivity index (χ0n) is 13.7. The molecule has 0 saturated heterocycles. The standard InChI is InChI=1S/C18H18ClFN2O3/c1-2-22(9-12-3-6-16-17(7-12)25-11-24-16)10-18(23)21-15-5-4-13(20)8-14(15)19/h3-8H,2,9-11H2,1H3,(H,21,23). The summed E-state index contributed by atoms with van der Waals surface area (Å²) >= 11 is 5.93. The van der Waals surface area contributed by atoms with Gasteiger partial charge in [-0.1, -0.05) is 24.6 Å². The van der Waals surface area contributed by atoms with E-state index >= 15 is 0 Å². The van der Waals surface area contributed by atoms with Gasteiger partial charge in [0.05, 0.1) is 17.3 Å². The van der Waals surface area contributed by atoms with Gasteiger partial charge in [0.2, 0.25) is 12.7 Å². The van der Waals surface area contributed by atoms with Crippen molar-refractivity contribution in [2.45, 2.75) is 13.5 Å². The highest BCUT2D eigenvalue weighted by molar-refractivity contribution is 6.33. The Bertz CT molecular complexity index is 785. The molecule has 1 amide bonds. The molecule has 0 bridgehead atoms. The zero-order valence-corrected chi connectivity index (χ0v) is 14.5. The number of benzene rings is 2. The number of likely N-dealkylation sites (N-methyl/N-ethyl adjacent to an activating group) is 1. The number of carbonyl (C=O) groups excluding carboxylic acids is 1. The van der Waals surface area contributed by atoms with Crippen LogP contribution in [0.1, 0.15) is 12.5 Å². The van der Waals surface area contributed by atoms with E-state index in [4.69, 9.17) is 21.1 Å². The second kappa shape index (κ2) is 7.72. The van der Waals surface area contributed by atoms with Crippen molar-refractivity contribution in [1.82, 2.24) is 4.90 Å². The van der Waals surface area contributed by atoms with Crippen molar-refractivity contribution in [1.29, 1.82) is 0 Å². The fraction of sp³-hybridized carbons (Fsp3) is 0.278. The average molecular weight is 365 g/mol. The lowest BCUT2D eigenvalue weighted by atomic mass is 10.2. The molecule has 2 aromatic carbocycles. The Morgan fingerprint density at radius 1 is 1.24 bits per heavy atom. The first-order valence-electron chi connectivity index (χ1n) is 7.91. The highest BCUT2D eigenvalue weighted by Crippen LogP contribution is 2.32. The highest BCUT2D eigenvalue weighted by atomic mass is 35.5. The van der Waals surface area contributed by atoms with Crippen molar-refractivity contribution in [3.63, 3.8) is 0 Å². The first-order chi connectivity index (χ1) is 12.0. The highest BCUT2D eigenvalue weighted by Gasteiger charge is 2.16.